The Balaban J connectivity index is 2.00. The quantitative estimate of drug-likeness (QED) is 0.691. The maximum Gasteiger partial charge on any atom is 0.248 e. The minimum absolute atomic E-state index is 0.0297. The lowest BCUT2D eigenvalue weighted by Crippen LogP contribution is -2.15. The number of rotatable bonds is 1. The van der Waals surface area contributed by atoms with E-state index in [1.54, 1.807) is 7.05 Å². The van der Waals surface area contributed by atoms with Gasteiger partial charge in [-0.05, 0) is 5.56 Å². The van der Waals surface area contributed by atoms with Crippen LogP contribution in [0, 0.1) is 0 Å². The van der Waals surface area contributed by atoms with E-state index in [1.807, 2.05) is 18.2 Å². The molecule has 16 heavy (non-hydrogen) atoms. The summed E-state index contributed by atoms with van der Waals surface area (Å²) in [6.07, 6.45) is 0.365. The second kappa shape index (κ2) is 3.27. The predicted octanol–water partition coefficient (Wildman–Crippen LogP) is 1.21. The van der Waals surface area contributed by atoms with E-state index in [-0.39, 0.29) is 5.91 Å². The van der Waals surface area contributed by atoms with Crippen LogP contribution in [0.25, 0.3) is 0 Å². The van der Waals surface area contributed by atoms with Crippen molar-refractivity contribution in [3.05, 3.63) is 35.4 Å². The zero-order valence-electron chi connectivity index (χ0n) is 8.97. The van der Waals surface area contributed by atoms with Crippen LogP contribution < -0.4 is 0 Å². The molecular formula is C12H11N3O. The number of amides is 1. The van der Waals surface area contributed by atoms with Crippen molar-refractivity contribution in [2.24, 2.45) is 10.1 Å². The van der Waals surface area contributed by atoms with Gasteiger partial charge in [0.2, 0.25) is 5.91 Å². The van der Waals surface area contributed by atoms with Gasteiger partial charge < -0.3 is 0 Å². The highest BCUT2D eigenvalue weighted by atomic mass is 16.2. The molecule has 0 saturated carbocycles. The van der Waals surface area contributed by atoms with Crippen LogP contribution in [0.3, 0.4) is 0 Å². The minimum Gasteiger partial charge on any atom is -0.278 e. The van der Waals surface area contributed by atoms with Crippen LogP contribution in [0.1, 0.15) is 17.5 Å². The Morgan fingerprint density at radius 3 is 2.88 bits per heavy atom. The van der Waals surface area contributed by atoms with E-state index in [0.717, 1.165) is 17.0 Å². The van der Waals surface area contributed by atoms with E-state index in [1.165, 1.54) is 10.6 Å². The summed E-state index contributed by atoms with van der Waals surface area (Å²) in [6, 6.07) is 8.09. The summed E-state index contributed by atoms with van der Waals surface area (Å²) in [4.78, 5) is 15.9. The maximum atomic E-state index is 11.4. The minimum atomic E-state index is 0.0297. The van der Waals surface area contributed by atoms with Crippen molar-refractivity contribution >= 4 is 17.3 Å². The molecule has 0 radical (unpaired) electrons. The summed E-state index contributed by atoms with van der Waals surface area (Å²) in [5.74, 6) is 0.0297. The second-order valence-electron chi connectivity index (χ2n) is 3.96. The summed E-state index contributed by atoms with van der Waals surface area (Å²) in [5, 5.41) is 5.61. The molecule has 0 N–H and O–H groups in total. The van der Waals surface area contributed by atoms with Crippen molar-refractivity contribution in [3.63, 3.8) is 0 Å². The highest BCUT2D eigenvalue weighted by Crippen LogP contribution is 2.22. The zero-order chi connectivity index (χ0) is 11.1. The number of aliphatic imine (C=N–C) groups is 1. The van der Waals surface area contributed by atoms with E-state index in [0.29, 0.717) is 13.0 Å². The third kappa shape index (κ3) is 1.26. The van der Waals surface area contributed by atoms with Crippen molar-refractivity contribution in [3.8, 4) is 0 Å². The Morgan fingerprint density at radius 1 is 1.31 bits per heavy atom. The van der Waals surface area contributed by atoms with E-state index in [9.17, 15) is 4.79 Å². The fraction of sp³-hybridized carbons (Fsp3) is 0.250. The number of hydrogen-bond donors (Lipinski definition) is 0. The van der Waals surface area contributed by atoms with Crippen LogP contribution >= 0.6 is 0 Å². The first-order valence-electron chi connectivity index (χ1n) is 5.23. The lowest BCUT2D eigenvalue weighted by atomic mass is 10.0. The van der Waals surface area contributed by atoms with Crippen LogP contribution in [-0.4, -0.2) is 29.4 Å². The molecule has 0 unspecified atom stereocenters. The molecule has 0 atom stereocenters. The molecule has 1 aromatic rings. The first-order valence-corrected chi connectivity index (χ1v) is 5.23. The number of nitrogens with zero attached hydrogens (tertiary/aromatic N) is 3. The first kappa shape index (κ1) is 9.27. The largest absolute Gasteiger partial charge is 0.278 e. The average Bonchev–Trinajstić information content (AvgIpc) is 2.83. The number of carbonyl (C=O) groups excluding carboxylic acids is 1. The van der Waals surface area contributed by atoms with Crippen LogP contribution in [0.5, 0.6) is 0 Å². The third-order valence-electron chi connectivity index (χ3n) is 2.90. The highest BCUT2D eigenvalue weighted by molar-refractivity contribution is 6.52. The maximum absolute atomic E-state index is 11.4. The van der Waals surface area contributed by atoms with E-state index < -0.39 is 0 Å². The molecule has 4 heteroatoms. The van der Waals surface area contributed by atoms with Gasteiger partial charge in [0, 0.05) is 12.6 Å². The zero-order valence-corrected chi connectivity index (χ0v) is 8.97. The number of carbonyl (C=O) groups is 1. The molecular weight excluding hydrogens is 202 g/mol. The smallest absolute Gasteiger partial charge is 0.248 e. The Hall–Kier alpha value is -1.97. The SMILES string of the molecule is CN1N=C(C2=NCc3ccccc32)CC1=O. The van der Waals surface area contributed by atoms with Crippen LogP contribution in [-0.2, 0) is 11.3 Å². The molecule has 2 aliphatic heterocycles. The standard InChI is InChI=1S/C12H11N3O/c1-15-11(16)6-10(14-15)12-9-5-3-2-4-8(9)7-13-12/h2-5H,6-7H2,1H3. The van der Waals surface area contributed by atoms with Crippen molar-refractivity contribution in [1.82, 2.24) is 5.01 Å². The molecule has 2 heterocycles. The van der Waals surface area contributed by atoms with Gasteiger partial charge in [-0.3, -0.25) is 9.79 Å². The van der Waals surface area contributed by atoms with Gasteiger partial charge in [-0.2, -0.15) is 5.10 Å². The van der Waals surface area contributed by atoms with Gasteiger partial charge >= 0.3 is 0 Å². The summed E-state index contributed by atoms with van der Waals surface area (Å²) in [7, 11) is 1.68. The van der Waals surface area contributed by atoms with Crippen molar-refractivity contribution in [2.75, 3.05) is 7.05 Å². The number of fused-ring (bicyclic) bond motifs is 1. The third-order valence-corrected chi connectivity index (χ3v) is 2.90. The van der Waals surface area contributed by atoms with Crippen LogP contribution in [0.15, 0.2) is 34.4 Å². The first-order chi connectivity index (χ1) is 7.75. The van der Waals surface area contributed by atoms with Gasteiger partial charge in [0.25, 0.3) is 0 Å². The summed E-state index contributed by atoms with van der Waals surface area (Å²) >= 11 is 0. The summed E-state index contributed by atoms with van der Waals surface area (Å²) in [6.45, 7) is 0.697. The molecule has 2 aliphatic rings. The lowest BCUT2D eigenvalue weighted by molar-refractivity contribution is -0.127. The molecule has 80 valence electrons. The highest BCUT2D eigenvalue weighted by Gasteiger charge is 2.27. The van der Waals surface area contributed by atoms with Crippen LogP contribution in [0.4, 0.5) is 0 Å². The molecule has 4 nitrogen and oxygen atoms in total. The molecule has 1 amide bonds. The van der Waals surface area contributed by atoms with E-state index in [4.69, 9.17) is 0 Å². The van der Waals surface area contributed by atoms with Crippen molar-refractivity contribution < 1.29 is 4.79 Å². The van der Waals surface area contributed by atoms with Gasteiger partial charge in [0.05, 0.1) is 24.4 Å². The van der Waals surface area contributed by atoms with Gasteiger partial charge in [-0.25, -0.2) is 5.01 Å². The lowest BCUT2D eigenvalue weighted by Gasteiger charge is -2.01. The molecule has 0 aromatic heterocycles. The van der Waals surface area contributed by atoms with E-state index >= 15 is 0 Å². The number of hydrazone groups is 1. The van der Waals surface area contributed by atoms with Crippen LogP contribution in [0.2, 0.25) is 0 Å². The molecule has 0 bridgehead atoms. The fourth-order valence-corrected chi connectivity index (χ4v) is 2.05. The Morgan fingerprint density at radius 2 is 2.12 bits per heavy atom. The molecule has 3 rings (SSSR count). The van der Waals surface area contributed by atoms with Gasteiger partial charge in [-0.15, -0.1) is 0 Å². The molecule has 0 fully saturated rings. The molecule has 1 aromatic carbocycles. The Bertz CT molecular complexity index is 531. The van der Waals surface area contributed by atoms with Crippen molar-refractivity contribution in [2.45, 2.75) is 13.0 Å². The van der Waals surface area contributed by atoms with E-state index in [2.05, 4.69) is 16.2 Å². The Labute approximate surface area is 93.3 Å². The van der Waals surface area contributed by atoms with Crippen molar-refractivity contribution in [1.29, 1.82) is 0 Å². The molecule has 0 saturated heterocycles. The number of benzene rings is 1. The summed E-state index contributed by atoms with van der Waals surface area (Å²) in [5.41, 5.74) is 4.00. The van der Waals surface area contributed by atoms with Gasteiger partial charge in [0.15, 0.2) is 0 Å². The average molecular weight is 213 g/mol. The van der Waals surface area contributed by atoms with Gasteiger partial charge in [0.1, 0.15) is 0 Å². The molecule has 0 spiro atoms. The fourth-order valence-electron chi connectivity index (χ4n) is 2.05. The predicted molar refractivity (Wildman–Crippen MR) is 61.5 cm³/mol. The monoisotopic (exact) mass is 213 g/mol. The normalized spacial score (nSPS) is 18.6. The number of hydrogen-bond acceptors (Lipinski definition) is 3. The molecule has 0 aliphatic carbocycles. The second-order valence-corrected chi connectivity index (χ2v) is 3.96. The van der Waals surface area contributed by atoms with Gasteiger partial charge in [-0.1, -0.05) is 24.3 Å². The Kier molecular flexibility index (Phi) is 1.89. The summed E-state index contributed by atoms with van der Waals surface area (Å²) < 4.78 is 0. The topological polar surface area (TPSA) is 45.0 Å².